The van der Waals surface area contributed by atoms with Gasteiger partial charge in [0, 0.05) is 24.5 Å². The standard InChI is InChI=1S/C30H25N5O4S/c36-26(18-40-30-31-14-6-15-32-30)35(16-13-20-7-2-1-3-8-20)28-27(21-11-12-24-25(17-21)39-19-38-24)33-22-9-4-5-10-23(22)34-29(28)37/h1-12,14-15,17,28H,13,16,18-19H2,(H,34,37). The molecule has 1 N–H and O–H groups in total. The molecule has 6 rings (SSSR count). The van der Waals surface area contributed by atoms with Crippen molar-refractivity contribution in [3.8, 4) is 11.5 Å². The topological polar surface area (TPSA) is 106 Å². The van der Waals surface area contributed by atoms with Crippen LogP contribution >= 0.6 is 11.8 Å². The Labute approximate surface area is 235 Å². The van der Waals surface area contributed by atoms with Crippen LogP contribution in [-0.2, 0) is 16.0 Å². The maximum Gasteiger partial charge on any atom is 0.253 e. The van der Waals surface area contributed by atoms with E-state index in [0.29, 0.717) is 52.3 Å². The van der Waals surface area contributed by atoms with Crippen LogP contribution in [-0.4, -0.2) is 57.5 Å². The number of nitrogens with one attached hydrogen (secondary N) is 1. The van der Waals surface area contributed by atoms with Crippen LogP contribution in [0.2, 0.25) is 0 Å². The number of carbonyl (C=O) groups is 2. The molecular weight excluding hydrogens is 526 g/mol. The summed E-state index contributed by atoms with van der Waals surface area (Å²) in [7, 11) is 0. The lowest BCUT2D eigenvalue weighted by atomic mass is 9.99. The molecule has 2 aliphatic heterocycles. The first-order valence-corrected chi connectivity index (χ1v) is 13.8. The highest BCUT2D eigenvalue weighted by atomic mass is 32.2. The molecule has 0 aliphatic carbocycles. The molecule has 40 heavy (non-hydrogen) atoms. The number of aromatic nitrogens is 2. The zero-order chi connectivity index (χ0) is 27.3. The maximum absolute atomic E-state index is 14.0. The Morgan fingerprint density at radius 2 is 1.73 bits per heavy atom. The summed E-state index contributed by atoms with van der Waals surface area (Å²) in [5, 5.41) is 3.48. The highest BCUT2D eigenvalue weighted by Crippen LogP contribution is 2.35. The first-order chi connectivity index (χ1) is 19.7. The molecule has 10 heteroatoms. The molecule has 0 saturated carbocycles. The lowest BCUT2D eigenvalue weighted by Gasteiger charge is -2.31. The second-order valence-electron chi connectivity index (χ2n) is 9.12. The van der Waals surface area contributed by atoms with E-state index in [-0.39, 0.29) is 24.4 Å². The summed E-state index contributed by atoms with van der Waals surface area (Å²) >= 11 is 1.23. The summed E-state index contributed by atoms with van der Waals surface area (Å²) in [4.78, 5) is 42.9. The van der Waals surface area contributed by atoms with Crippen molar-refractivity contribution in [2.45, 2.75) is 17.6 Å². The Balaban J connectivity index is 1.40. The van der Waals surface area contributed by atoms with Gasteiger partial charge in [0.05, 0.1) is 22.8 Å². The van der Waals surface area contributed by atoms with Gasteiger partial charge in [0.2, 0.25) is 12.7 Å². The molecule has 0 radical (unpaired) electrons. The van der Waals surface area contributed by atoms with Gasteiger partial charge >= 0.3 is 0 Å². The van der Waals surface area contributed by atoms with Crippen LogP contribution in [0.15, 0.2) is 101 Å². The van der Waals surface area contributed by atoms with Crippen LogP contribution in [0, 0.1) is 0 Å². The molecule has 2 aliphatic rings. The zero-order valence-corrected chi connectivity index (χ0v) is 22.2. The van der Waals surface area contributed by atoms with Crippen LogP contribution in [0.3, 0.4) is 0 Å². The van der Waals surface area contributed by atoms with Gasteiger partial charge < -0.3 is 19.7 Å². The van der Waals surface area contributed by atoms with Gasteiger partial charge in [0.15, 0.2) is 22.7 Å². The smallest absolute Gasteiger partial charge is 0.253 e. The third kappa shape index (κ3) is 5.52. The highest BCUT2D eigenvalue weighted by Gasteiger charge is 2.37. The summed E-state index contributed by atoms with van der Waals surface area (Å²) in [5.74, 6) is 0.674. The number of amides is 2. The third-order valence-electron chi connectivity index (χ3n) is 6.56. The van der Waals surface area contributed by atoms with E-state index >= 15 is 0 Å². The minimum Gasteiger partial charge on any atom is -0.454 e. The molecule has 1 unspecified atom stereocenters. The van der Waals surface area contributed by atoms with Gasteiger partial charge in [-0.2, -0.15) is 0 Å². The Bertz CT molecular complexity index is 1570. The molecule has 0 bridgehead atoms. The molecule has 3 aromatic carbocycles. The van der Waals surface area contributed by atoms with Crippen LogP contribution in [0.5, 0.6) is 11.5 Å². The number of thioether (sulfide) groups is 1. The second-order valence-corrected chi connectivity index (χ2v) is 10.1. The summed E-state index contributed by atoms with van der Waals surface area (Å²) in [6.07, 6.45) is 3.82. The van der Waals surface area contributed by atoms with Crippen molar-refractivity contribution in [2.75, 3.05) is 24.4 Å². The second kappa shape index (κ2) is 11.6. The van der Waals surface area contributed by atoms with E-state index in [1.165, 1.54) is 11.8 Å². The number of hydrogen-bond acceptors (Lipinski definition) is 8. The van der Waals surface area contributed by atoms with Crippen molar-refractivity contribution in [3.05, 3.63) is 102 Å². The number of aliphatic imine (C=N–C) groups is 1. The molecule has 2 amide bonds. The first-order valence-electron chi connectivity index (χ1n) is 12.8. The molecule has 1 atom stereocenters. The number of carbonyl (C=O) groups excluding carboxylic acids is 2. The van der Waals surface area contributed by atoms with Gasteiger partial charge in [-0.3, -0.25) is 9.59 Å². The van der Waals surface area contributed by atoms with E-state index in [4.69, 9.17) is 14.5 Å². The maximum atomic E-state index is 14.0. The van der Waals surface area contributed by atoms with Crippen molar-refractivity contribution in [2.24, 2.45) is 4.99 Å². The van der Waals surface area contributed by atoms with Gasteiger partial charge in [-0.25, -0.2) is 15.0 Å². The number of fused-ring (bicyclic) bond motifs is 2. The van der Waals surface area contributed by atoms with E-state index in [0.717, 1.165) is 5.56 Å². The average molecular weight is 552 g/mol. The van der Waals surface area contributed by atoms with Gasteiger partial charge in [-0.05, 0) is 48.4 Å². The molecular formula is C30H25N5O4S. The minimum atomic E-state index is -0.999. The van der Waals surface area contributed by atoms with E-state index in [1.807, 2.05) is 60.7 Å². The summed E-state index contributed by atoms with van der Waals surface area (Å²) in [6.45, 7) is 0.426. The van der Waals surface area contributed by atoms with Crippen LogP contribution in [0.4, 0.5) is 11.4 Å². The van der Waals surface area contributed by atoms with E-state index in [2.05, 4.69) is 15.3 Å². The molecule has 4 aromatic rings. The lowest BCUT2D eigenvalue weighted by Crippen LogP contribution is -2.53. The van der Waals surface area contributed by atoms with Crippen molar-refractivity contribution in [1.29, 1.82) is 0 Å². The number of anilines is 1. The molecule has 9 nitrogen and oxygen atoms in total. The quantitative estimate of drug-likeness (QED) is 0.254. The fraction of sp³-hybridized carbons (Fsp3) is 0.167. The number of para-hydroxylation sites is 2. The Morgan fingerprint density at radius 3 is 2.58 bits per heavy atom. The largest absolute Gasteiger partial charge is 0.454 e. The van der Waals surface area contributed by atoms with Crippen LogP contribution in [0.25, 0.3) is 0 Å². The third-order valence-corrected chi connectivity index (χ3v) is 7.42. The number of nitrogens with zero attached hydrogens (tertiary/aromatic N) is 4. The molecule has 0 spiro atoms. The molecule has 0 saturated heterocycles. The summed E-state index contributed by atoms with van der Waals surface area (Å²) in [6, 6.07) is 23.4. The zero-order valence-electron chi connectivity index (χ0n) is 21.4. The van der Waals surface area contributed by atoms with Gasteiger partial charge in [0.25, 0.3) is 5.91 Å². The summed E-state index contributed by atoms with van der Waals surface area (Å²) in [5.41, 5.74) is 3.35. The Hall–Kier alpha value is -4.70. The first kappa shape index (κ1) is 25.6. The normalized spacial score (nSPS) is 15.4. The lowest BCUT2D eigenvalue weighted by molar-refractivity contribution is -0.134. The molecule has 1 aromatic heterocycles. The number of hydrogen-bond donors (Lipinski definition) is 1. The fourth-order valence-electron chi connectivity index (χ4n) is 4.62. The Morgan fingerprint density at radius 1 is 0.950 bits per heavy atom. The van der Waals surface area contributed by atoms with Gasteiger partial charge in [-0.15, -0.1) is 0 Å². The average Bonchev–Trinajstić information content (AvgIpc) is 3.41. The highest BCUT2D eigenvalue weighted by molar-refractivity contribution is 7.99. The fourth-order valence-corrected chi connectivity index (χ4v) is 5.31. The van der Waals surface area contributed by atoms with E-state index in [9.17, 15) is 9.59 Å². The van der Waals surface area contributed by atoms with E-state index < -0.39 is 6.04 Å². The summed E-state index contributed by atoms with van der Waals surface area (Å²) < 4.78 is 11.1. The van der Waals surface area contributed by atoms with Gasteiger partial charge in [-0.1, -0.05) is 54.2 Å². The van der Waals surface area contributed by atoms with Gasteiger partial charge in [0.1, 0.15) is 0 Å². The number of ether oxygens (including phenoxy) is 2. The number of benzene rings is 3. The van der Waals surface area contributed by atoms with Crippen molar-refractivity contribution in [1.82, 2.24) is 14.9 Å². The number of rotatable bonds is 8. The minimum absolute atomic E-state index is 0.0595. The van der Waals surface area contributed by atoms with Crippen LogP contribution in [0.1, 0.15) is 11.1 Å². The Kier molecular flexibility index (Phi) is 7.41. The van der Waals surface area contributed by atoms with Crippen molar-refractivity contribution < 1.29 is 19.1 Å². The predicted octanol–water partition coefficient (Wildman–Crippen LogP) is 4.51. The molecule has 200 valence electrons. The van der Waals surface area contributed by atoms with Crippen molar-refractivity contribution >= 4 is 40.7 Å². The monoisotopic (exact) mass is 551 g/mol. The van der Waals surface area contributed by atoms with Crippen molar-refractivity contribution in [3.63, 3.8) is 0 Å². The molecule has 3 heterocycles. The molecule has 0 fully saturated rings. The van der Waals surface area contributed by atoms with E-state index in [1.54, 1.807) is 35.5 Å². The SMILES string of the molecule is O=C1Nc2ccccc2N=C(c2ccc3c(c2)OCO3)C1N(CCc1ccccc1)C(=O)CSc1ncccn1. The predicted molar refractivity (Wildman–Crippen MR) is 152 cm³/mol. The van der Waals surface area contributed by atoms with Crippen LogP contribution < -0.4 is 14.8 Å².